The second-order valence-corrected chi connectivity index (χ2v) is 6.04. The van der Waals surface area contributed by atoms with Crippen LogP contribution in [-0.4, -0.2) is 58.1 Å². The van der Waals surface area contributed by atoms with E-state index in [-0.39, 0.29) is 12.0 Å². The standard InChI is InChI=1S/C17H23N5O2/c1-13-2-3-14(8-20-13)17(23)19-5-4-16-11-22(6-7-24-16)10-15-9-18-12-21-15/h2-3,8-9,12,16H,4-7,10-11H2,1H3,(H,18,21)(H,19,23). The Morgan fingerprint density at radius 1 is 1.46 bits per heavy atom. The average molecular weight is 329 g/mol. The number of nitrogens with zero attached hydrogens (tertiary/aromatic N) is 3. The summed E-state index contributed by atoms with van der Waals surface area (Å²) in [5, 5.41) is 2.93. The highest BCUT2D eigenvalue weighted by Gasteiger charge is 2.20. The van der Waals surface area contributed by atoms with Crippen molar-refractivity contribution in [3.05, 3.63) is 47.8 Å². The number of nitrogens with one attached hydrogen (secondary N) is 2. The number of carbonyl (C=O) groups is 1. The molecule has 1 unspecified atom stereocenters. The number of aromatic nitrogens is 3. The number of pyridine rings is 1. The lowest BCUT2D eigenvalue weighted by molar-refractivity contribution is -0.0345. The van der Waals surface area contributed by atoms with Crippen molar-refractivity contribution >= 4 is 5.91 Å². The number of imidazole rings is 1. The normalized spacial score (nSPS) is 18.5. The molecule has 1 atom stereocenters. The minimum Gasteiger partial charge on any atom is -0.375 e. The van der Waals surface area contributed by atoms with E-state index in [0.29, 0.717) is 18.7 Å². The molecule has 0 spiro atoms. The van der Waals surface area contributed by atoms with Gasteiger partial charge in [-0.05, 0) is 25.5 Å². The fourth-order valence-corrected chi connectivity index (χ4v) is 2.76. The first-order chi connectivity index (χ1) is 11.7. The molecule has 0 aliphatic carbocycles. The quantitative estimate of drug-likeness (QED) is 0.830. The summed E-state index contributed by atoms with van der Waals surface area (Å²) in [6.45, 7) is 5.83. The summed E-state index contributed by atoms with van der Waals surface area (Å²) in [6, 6.07) is 3.63. The Balaban J connectivity index is 1.41. The molecule has 0 bridgehead atoms. The first-order valence-electron chi connectivity index (χ1n) is 8.23. The molecule has 0 radical (unpaired) electrons. The third-order valence-electron chi connectivity index (χ3n) is 4.10. The molecule has 0 saturated carbocycles. The average Bonchev–Trinajstić information content (AvgIpc) is 3.09. The maximum atomic E-state index is 12.1. The summed E-state index contributed by atoms with van der Waals surface area (Å²) in [4.78, 5) is 25.7. The highest BCUT2D eigenvalue weighted by molar-refractivity contribution is 5.93. The van der Waals surface area contributed by atoms with Gasteiger partial charge in [-0.15, -0.1) is 0 Å². The highest BCUT2D eigenvalue weighted by Crippen LogP contribution is 2.11. The summed E-state index contributed by atoms with van der Waals surface area (Å²) >= 11 is 0. The van der Waals surface area contributed by atoms with Crippen LogP contribution in [0.2, 0.25) is 0 Å². The Morgan fingerprint density at radius 3 is 3.12 bits per heavy atom. The van der Waals surface area contributed by atoms with Crippen LogP contribution in [0.15, 0.2) is 30.9 Å². The van der Waals surface area contributed by atoms with Gasteiger partial charge in [0.1, 0.15) is 0 Å². The van der Waals surface area contributed by atoms with Gasteiger partial charge in [-0.25, -0.2) is 4.98 Å². The number of aromatic amines is 1. The van der Waals surface area contributed by atoms with E-state index in [4.69, 9.17) is 4.74 Å². The van der Waals surface area contributed by atoms with E-state index in [1.54, 1.807) is 18.6 Å². The zero-order valence-corrected chi connectivity index (χ0v) is 13.9. The number of H-pyrrole nitrogens is 1. The molecule has 7 heteroatoms. The van der Waals surface area contributed by atoms with Crippen molar-refractivity contribution in [2.24, 2.45) is 0 Å². The van der Waals surface area contributed by atoms with Gasteiger partial charge in [-0.3, -0.25) is 14.7 Å². The molecule has 1 aliphatic rings. The molecular formula is C17H23N5O2. The van der Waals surface area contributed by atoms with Gasteiger partial charge in [0.05, 0.1) is 24.6 Å². The summed E-state index contributed by atoms with van der Waals surface area (Å²) in [5.41, 5.74) is 2.60. The highest BCUT2D eigenvalue weighted by atomic mass is 16.5. The SMILES string of the molecule is Cc1ccc(C(=O)NCCC2CN(Cc3cnc[nH]3)CCO2)cn1. The number of aryl methyl sites for hydroxylation is 1. The Bertz CT molecular complexity index is 642. The third kappa shape index (κ3) is 4.62. The lowest BCUT2D eigenvalue weighted by Gasteiger charge is -2.32. The summed E-state index contributed by atoms with van der Waals surface area (Å²) in [5.74, 6) is -0.0902. The van der Waals surface area contributed by atoms with E-state index in [9.17, 15) is 4.79 Å². The number of hydrogen-bond acceptors (Lipinski definition) is 5. The predicted molar refractivity (Wildman–Crippen MR) is 89.5 cm³/mol. The van der Waals surface area contributed by atoms with Crippen molar-refractivity contribution in [2.45, 2.75) is 26.0 Å². The number of morpholine rings is 1. The van der Waals surface area contributed by atoms with Crippen molar-refractivity contribution < 1.29 is 9.53 Å². The topological polar surface area (TPSA) is 83.1 Å². The largest absolute Gasteiger partial charge is 0.375 e. The van der Waals surface area contributed by atoms with Crippen molar-refractivity contribution in [3.8, 4) is 0 Å². The van der Waals surface area contributed by atoms with Crippen molar-refractivity contribution in [3.63, 3.8) is 0 Å². The summed E-state index contributed by atoms with van der Waals surface area (Å²) in [7, 11) is 0. The van der Waals surface area contributed by atoms with E-state index >= 15 is 0 Å². The maximum absolute atomic E-state index is 12.1. The molecule has 7 nitrogen and oxygen atoms in total. The zero-order valence-electron chi connectivity index (χ0n) is 13.9. The van der Waals surface area contributed by atoms with E-state index in [0.717, 1.165) is 37.4 Å². The molecule has 1 saturated heterocycles. The van der Waals surface area contributed by atoms with Gasteiger partial charge in [-0.2, -0.15) is 0 Å². The van der Waals surface area contributed by atoms with Crippen LogP contribution in [0, 0.1) is 6.92 Å². The van der Waals surface area contributed by atoms with Gasteiger partial charge in [0.15, 0.2) is 0 Å². The molecule has 2 N–H and O–H groups in total. The lowest BCUT2D eigenvalue weighted by Crippen LogP contribution is -2.43. The Hall–Kier alpha value is -2.25. The second-order valence-electron chi connectivity index (χ2n) is 6.04. The summed E-state index contributed by atoms with van der Waals surface area (Å²) < 4.78 is 5.80. The van der Waals surface area contributed by atoms with Crippen LogP contribution in [0.5, 0.6) is 0 Å². The number of rotatable bonds is 6. The fourth-order valence-electron chi connectivity index (χ4n) is 2.76. The van der Waals surface area contributed by atoms with E-state index in [1.807, 2.05) is 19.2 Å². The molecule has 128 valence electrons. The Kier molecular flexibility index (Phi) is 5.55. The van der Waals surface area contributed by atoms with Crippen molar-refractivity contribution in [2.75, 3.05) is 26.2 Å². The predicted octanol–water partition coefficient (Wildman–Crippen LogP) is 1.13. The maximum Gasteiger partial charge on any atom is 0.252 e. The molecule has 1 fully saturated rings. The molecule has 1 amide bonds. The zero-order chi connectivity index (χ0) is 16.8. The molecule has 1 aliphatic heterocycles. The van der Waals surface area contributed by atoms with Crippen LogP contribution < -0.4 is 5.32 Å². The molecular weight excluding hydrogens is 306 g/mol. The number of hydrogen-bond donors (Lipinski definition) is 2. The van der Waals surface area contributed by atoms with E-state index in [2.05, 4.69) is 25.2 Å². The van der Waals surface area contributed by atoms with Crippen molar-refractivity contribution in [1.82, 2.24) is 25.2 Å². The summed E-state index contributed by atoms with van der Waals surface area (Å²) in [6.07, 6.45) is 6.08. The molecule has 3 heterocycles. The van der Waals surface area contributed by atoms with Gasteiger partial charge < -0.3 is 15.0 Å². The first kappa shape index (κ1) is 16.6. The Morgan fingerprint density at radius 2 is 2.38 bits per heavy atom. The van der Waals surface area contributed by atoms with Crippen molar-refractivity contribution in [1.29, 1.82) is 0 Å². The fraction of sp³-hybridized carbons (Fsp3) is 0.471. The van der Waals surface area contributed by atoms with Crippen LogP contribution in [0.3, 0.4) is 0 Å². The number of carbonyl (C=O) groups excluding carboxylic acids is 1. The second kappa shape index (κ2) is 8.03. The number of amides is 1. The minimum absolute atomic E-state index is 0.0902. The van der Waals surface area contributed by atoms with Gasteiger partial charge >= 0.3 is 0 Å². The van der Waals surface area contributed by atoms with Gasteiger partial charge in [0.25, 0.3) is 5.91 Å². The smallest absolute Gasteiger partial charge is 0.252 e. The van der Waals surface area contributed by atoms with Crippen LogP contribution in [0.1, 0.15) is 28.2 Å². The Labute approximate surface area is 141 Å². The van der Waals surface area contributed by atoms with E-state index < -0.39 is 0 Å². The van der Waals surface area contributed by atoms with Crippen LogP contribution in [0.4, 0.5) is 0 Å². The monoisotopic (exact) mass is 329 g/mol. The lowest BCUT2D eigenvalue weighted by atomic mass is 10.2. The molecule has 3 rings (SSSR count). The third-order valence-corrected chi connectivity index (χ3v) is 4.10. The first-order valence-corrected chi connectivity index (χ1v) is 8.23. The molecule has 2 aromatic rings. The van der Waals surface area contributed by atoms with E-state index in [1.165, 1.54) is 0 Å². The number of ether oxygens (including phenoxy) is 1. The van der Waals surface area contributed by atoms with Gasteiger partial charge in [0.2, 0.25) is 0 Å². The van der Waals surface area contributed by atoms with Gasteiger partial charge in [-0.1, -0.05) is 0 Å². The molecule has 24 heavy (non-hydrogen) atoms. The molecule has 0 aromatic carbocycles. The van der Waals surface area contributed by atoms with Gasteiger partial charge in [0, 0.05) is 50.0 Å². The minimum atomic E-state index is -0.0902. The van der Waals surface area contributed by atoms with Crippen LogP contribution in [0.25, 0.3) is 0 Å². The van der Waals surface area contributed by atoms with Crippen LogP contribution >= 0.6 is 0 Å². The van der Waals surface area contributed by atoms with Crippen LogP contribution in [-0.2, 0) is 11.3 Å². The molecule has 2 aromatic heterocycles.